The van der Waals surface area contributed by atoms with Crippen LogP contribution in [0, 0.1) is 0 Å². The van der Waals surface area contributed by atoms with E-state index in [-0.39, 0.29) is 9.92 Å². The van der Waals surface area contributed by atoms with Gasteiger partial charge in [0.05, 0.1) is 48.2 Å². The molecule has 2 aromatic carbocycles. The maximum atomic E-state index is 12.8. The number of nitrogens with zero attached hydrogens (tertiary/aromatic N) is 1. The summed E-state index contributed by atoms with van der Waals surface area (Å²) in [6, 6.07) is 12.3. The monoisotopic (exact) mass is 415 g/mol. The molecule has 0 aliphatic carbocycles. The third kappa shape index (κ3) is 4.15. The predicted molar refractivity (Wildman–Crippen MR) is 103 cm³/mol. The molecule has 0 aromatic heterocycles. The number of ether oxygens (including phenoxy) is 1. The first-order valence-corrected chi connectivity index (χ1v) is 10.5. The van der Waals surface area contributed by atoms with Crippen molar-refractivity contribution in [2.45, 2.75) is 11.4 Å². The first-order valence-electron chi connectivity index (χ1n) is 8.32. The van der Waals surface area contributed by atoms with Gasteiger partial charge >= 0.3 is 0 Å². The van der Waals surface area contributed by atoms with Gasteiger partial charge in [0, 0.05) is 5.56 Å². The Kier molecular flexibility index (Phi) is 6.10. The van der Waals surface area contributed by atoms with E-state index in [2.05, 4.69) is 0 Å². The number of rotatable bonds is 5. The van der Waals surface area contributed by atoms with Crippen molar-refractivity contribution in [1.82, 2.24) is 4.31 Å². The summed E-state index contributed by atoms with van der Waals surface area (Å²) in [5.41, 5.74) is 1.13. The molecule has 26 heavy (non-hydrogen) atoms. The number of methoxy groups -OCH3 is 1. The number of halogens is 2. The minimum absolute atomic E-state index is 0.181. The largest absolute Gasteiger partial charge is 0.496 e. The summed E-state index contributed by atoms with van der Waals surface area (Å²) >= 11 is 11.9. The third-order valence-electron chi connectivity index (χ3n) is 4.59. The van der Waals surface area contributed by atoms with Crippen LogP contribution >= 0.6 is 23.2 Å². The Morgan fingerprint density at radius 2 is 1.77 bits per heavy atom. The van der Waals surface area contributed by atoms with Gasteiger partial charge in [-0.25, -0.2) is 8.42 Å². The second kappa shape index (κ2) is 8.15. The summed E-state index contributed by atoms with van der Waals surface area (Å²) in [5, 5.41) is 0.588. The second-order valence-electron chi connectivity index (χ2n) is 6.22. The molecule has 0 radical (unpaired) electrons. The Bertz CT molecular complexity index is 882. The van der Waals surface area contributed by atoms with Crippen LogP contribution in [0.5, 0.6) is 5.75 Å². The molecule has 1 saturated heterocycles. The van der Waals surface area contributed by atoms with E-state index in [0.29, 0.717) is 18.1 Å². The van der Waals surface area contributed by atoms with Gasteiger partial charge in [0.1, 0.15) is 12.3 Å². The van der Waals surface area contributed by atoms with Crippen LogP contribution in [-0.4, -0.2) is 46.0 Å². The summed E-state index contributed by atoms with van der Waals surface area (Å²) < 4.78 is 32.5. The maximum Gasteiger partial charge on any atom is 0.243 e. The highest BCUT2D eigenvalue weighted by Gasteiger charge is 2.31. The molecule has 2 aromatic rings. The van der Waals surface area contributed by atoms with Crippen molar-refractivity contribution in [3.8, 4) is 5.75 Å². The van der Waals surface area contributed by atoms with E-state index in [4.69, 9.17) is 27.9 Å². The Morgan fingerprint density at radius 1 is 1.08 bits per heavy atom. The second-order valence-corrected chi connectivity index (χ2v) is 8.97. The molecule has 1 aliphatic heterocycles. The van der Waals surface area contributed by atoms with Crippen molar-refractivity contribution < 1.29 is 18.1 Å². The van der Waals surface area contributed by atoms with E-state index < -0.39 is 10.0 Å². The number of quaternary nitrogens is 1. The smallest absolute Gasteiger partial charge is 0.243 e. The molecule has 0 bridgehead atoms. The van der Waals surface area contributed by atoms with Gasteiger partial charge in [-0.3, -0.25) is 0 Å². The lowest BCUT2D eigenvalue weighted by Crippen LogP contribution is -3.13. The first-order chi connectivity index (χ1) is 12.4. The molecule has 1 fully saturated rings. The van der Waals surface area contributed by atoms with Crippen LogP contribution in [0.2, 0.25) is 10.0 Å². The zero-order valence-electron chi connectivity index (χ0n) is 14.4. The molecular formula is C18H21Cl2N2O3S+. The number of para-hydroxylation sites is 1. The number of hydrogen-bond donors (Lipinski definition) is 1. The molecule has 0 amide bonds. The van der Waals surface area contributed by atoms with Crippen molar-refractivity contribution in [3.05, 3.63) is 58.1 Å². The van der Waals surface area contributed by atoms with E-state index in [1.807, 2.05) is 24.3 Å². The summed E-state index contributed by atoms with van der Waals surface area (Å²) in [6.07, 6.45) is 0. The van der Waals surface area contributed by atoms with Gasteiger partial charge in [0.25, 0.3) is 0 Å². The fraction of sp³-hybridized carbons (Fsp3) is 0.333. The molecule has 0 atom stereocenters. The van der Waals surface area contributed by atoms with Crippen molar-refractivity contribution in [2.75, 3.05) is 33.3 Å². The third-order valence-corrected chi connectivity index (χ3v) is 7.22. The Labute approximate surface area is 164 Å². The fourth-order valence-corrected chi connectivity index (χ4v) is 4.96. The first kappa shape index (κ1) is 19.5. The van der Waals surface area contributed by atoms with Crippen molar-refractivity contribution in [3.63, 3.8) is 0 Å². The normalized spacial score (nSPS) is 16.6. The van der Waals surface area contributed by atoms with Gasteiger partial charge in [0.15, 0.2) is 0 Å². The average molecular weight is 416 g/mol. The summed E-state index contributed by atoms with van der Waals surface area (Å²) in [6.45, 7) is 3.21. The van der Waals surface area contributed by atoms with Gasteiger partial charge in [-0.2, -0.15) is 4.31 Å². The van der Waals surface area contributed by atoms with Gasteiger partial charge in [-0.05, 0) is 30.3 Å². The predicted octanol–water partition coefficient (Wildman–Crippen LogP) is 2.09. The molecule has 140 valence electrons. The van der Waals surface area contributed by atoms with Crippen LogP contribution in [0.15, 0.2) is 47.4 Å². The lowest BCUT2D eigenvalue weighted by atomic mass is 10.2. The standard InChI is InChI=1S/C18H20Cl2N2O3S/c1-25-18-5-3-2-4-14(18)13-21-8-10-22(11-9-21)26(23,24)15-6-7-16(19)17(20)12-15/h2-7,12H,8-11,13H2,1H3/p+1. The van der Waals surface area contributed by atoms with Crippen LogP contribution in [0.4, 0.5) is 0 Å². The maximum absolute atomic E-state index is 12.8. The van der Waals surface area contributed by atoms with E-state index in [1.54, 1.807) is 7.11 Å². The van der Waals surface area contributed by atoms with E-state index in [1.165, 1.54) is 27.4 Å². The molecule has 1 heterocycles. The molecule has 1 N–H and O–H groups in total. The van der Waals surface area contributed by atoms with Gasteiger partial charge < -0.3 is 9.64 Å². The Morgan fingerprint density at radius 3 is 2.42 bits per heavy atom. The van der Waals surface area contributed by atoms with Gasteiger partial charge in [-0.15, -0.1) is 0 Å². The van der Waals surface area contributed by atoms with Gasteiger partial charge in [0.2, 0.25) is 10.0 Å². The summed E-state index contributed by atoms with van der Waals surface area (Å²) in [4.78, 5) is 1.51. The Balaban J connectivity index is 1.67. The van der Waals surface area contributed by atoms with Crippen molar-refractivity contribution in [2.24, 2.45) is 0 Å². The number of nitrogens with one attached hydrogen (secondary N) is 1. The quantitative estimate of drug-likeness (QED) is 0.813. The molecule has 0 spiro atoms. The van der Waals surface area contributed by atoms with Gasteiger partial charge in [-0.1, -0.05) is 35.3 Å². The number of hydrogen-bond acceptors (Lipinski definition) is 3. The van der Waals surface area contributed by atoms with Crippen LogP contribution in [0.3, 0.4) is 0 Å². The molecule has 1 aliphatic rings. The number of benzene rings is 2. The number of piperazine rings is 1. The number of sulfonamides is 1. The highest BCUT2D eigenvalue weighted by Crippen LogP contribution is 2.26. The lowest BCUT2D eigenvalue weighted by molar-refractivity contribution is -0.917. The van der Waals surface area contributed by atoms with E-state index in [0.717, 1.165) is 30.9 Å². The molecule has 0 unspecified atom stereocenters. The summed E-state index contributed by atoms with van der Waals surface area (Å²) in [7, 11) is -1.90. The van der Waals surface area contributed by atoms with Crippen LogP contribution < -0.4 is 9.64 Å². The van der Waals surface area contributed by atoms with E-state index >= 15 is 0 Å². The summed E-state index contributed by atoms with van der Waals surface area (Å²) in [5.74, 6) is 0.867. The minimum Gasteiger partial charge on any atom is -0.496 e. The highest BCUT2D eigenvalue weighted by atomic mass is 35.5. The zero-order valence-corrected chi connectivity index (χ0v) is 16.7. The van der Waals surface area contributed by atoms with Crippen LogP contribution in [0.25, 0.3) is 0 Å². The molecular weight excluding hydrogens is 395 g/mol. The minimum atomic E-state index is -3.56. The fourth-order valence-electron chi connectivity index (χ4n) is 3.12. The van der Waals surface area contributed by atoms with Crippen LogP contribution in [-0.2, 0) is 16.6 Å². The molecule has 5 nitrogen and oxygen atoms in total. The molecule has 3 rings (SSSR count). The van der Waals surface area contributed by atoms with E-state index in [9.17, 15) is 8.42 Å². The van der Waals surface area contributed by atoms with Crippen molar-refractivity contribution >= 4 is 33.2 Å². The molecule has 8 heteroatoms. The average Bonchev–Trinajstić information content (AvgIpc) is 2.65. The van der Waals surface area contributed by atoms with Crippen molar-refractivity contribution in [1.29, 1.82) is 0 Å². The van der Waals surface area contributed by atoms with Crippen LogP contribution in [0.1, 0.15) is 5.56 Å². The lowest BCUT2D eigenvalue weighted by Gasteiger charge is -2.31. The topological polar surface area (TPSA) is 51.1 Å². The highest BCUT2D eigenvalue weighted by molar-refractivity contribution is 7.89. The SMILES string of the molecule is COc1ccccc1C[NH+]1CCN(S(=O)(=O)c2ccc(Cl)c(Cl)c2)CC1. The Hall–Kier alpha value is -1.31. The zero-order chi connectivity index (χ0) is 18.7. The molecule has 0 saturated carbocycles.